The van der Waals surface area contributed by atoms with Crippen LogP contribution in [0.15, 0.2) is 18.2 Å². The van der Waals surface area contributed by atoms with Gasteiger partial charge in [-0.05, 0) is 52.7 Å². The minimum atomic E-state index is -0.236. The molecule has 1 aromatic heterocycles. The van der Waals surface area contributed by atoms with Gasteiger partial charge in [-0.2, -0.15) is 0 Å². The van der Waals surface area contributed by atoms with Crippen LogP contribution in [0.4, 0.5) is 15.9 Å². The van der Waals surface area contributed by atoms with E-state index in [1.54, 1.807) is 6.92 Å². The average Bonchev–Trinajstić information content (AvgIpc) is 2.50. The lowest BCUT2D eigenvalue weighted by atomic mass is 9.99. The molecular weight excluding hydrogens is 303 g/mol. The number of rotatable bonds is 2. The molecular formula is C19H27FN4. The SMILES string of the molecule is Cc1c(F)ccc2c(N3CCC(NC(C)(C)C)CC3)cc(N)nc12. The van der Waals surface area contributed by atoms with Crippen molar-refractivity contribution in [2.45, 2.75) is 52.1 Å². The number of hydrogen-bond acceptors (Lipinski definition) is 4. The molecule has 4 nitrogen and oxygen atoms in total. The van der Waals surface area contributed by atoms with Crippen molar-refractivity contribution in [2.75, 3.05) is 23.7 Å². The highest BCUT2D eigenvalue weighted by Gasteiger charge is 2.24. The van der Waals surface area contributed by atoms with Gasteiger partial charge >= 0.3 is 0 Å². The van der Waals surface area contributed by atoms with Gasteiger partial charge in [0.05, 0.1) is 5.52 Å². The van der Waals surface area contributed by atoms with Crippen LogP contribution in [0.5, 0.6) is 0 Å². The van der Waals surface area contributed by atoms with Gasteiger partial charge in [0, 0.05) is 47.4 Å². The molecule has 130 valence electrons. The third-order valence-electron chi connectivity index (χ3n) is 4.64. The number of pyridine rings is 1. The molecule has 1 aromatic carbocycles. The Morgan fingerprint density at radius 3 is 2.54 bits per heavy atom. The quantitative estimate of drug-likeness (QED) is 0.883. The maximum Gasteiger partial charge on any atom is 0.128 e. The molecule has 0 amide bonds. The van der Waals surface area contributed by atoms with Crippen LogP contribution in [-0.4, -0.2) is 29.7 Å². The number of nitrogens with zero attached hydrogens (tertiary/aromatic N) is 2. The Morgan fingerprint density at radius 1 is 1.25 bits per heavy atom. The van der Waals surface area contributed by atoms with Crippen LogP contribution < -0.4 is 16.0 Å². The van der Waals surface area contributed by atoms with Crippen molar-refractivity contribution < 1.29 is 4.39 Å². The van der Waals surface area contributed by atoms with Crippen LogP contribution in [0.25, 0.3) is 10.9 Å². The summed E-state index contributed by atoms with van der Waals surface area (Å²) in [5.41, 5.74) is 8.41. The number of anilines is 2. The number of aryl methyl sites for hydroxylation is 1. The topological polar surface area (TPSA) is 54.2 Å². The van der Waals surface area contributed by atoms with Crippen LogP contribution in [0.1, 0.15) is 39.2 Å². The van der Waals surface area contributed by atoms with Crippen molar-refractivity contribution in [2.24, 2.45) is 0 Å². The molecule has 0 aliphatic carbocycles. The summed E-state index contributed by atoms with van der Waals surface area (Å²) in [7, 11) is 0. The molecule has 2 heterocycles. The molecule has 0 radical (unpaired) electrons. The first-order valence-corrected chi connectivity index (χ1v) is 8.62. The number of nitrogens with two attached hydrogens (primary N) is 1. The van der Waals surface area contributed by atoms with E-state index in [0.717, 1.165) is 37.0 Å². The number of nitrogen functional groups attached to an aromatic ring is 1. The molecule has 5 heteroatoms. The summed E-state index contributed by atoms with van der Waals surface area (Å²) in [5.74, 6) is 0.209. The van der Waals surface area contributed by atoms with Gasteiger partial charge in [-0.15, -0.1) is 0 Å². The summed E-state index contributed by atoms with van der Waals surface area (Å²) in [4.78, 5) is 6.70. The Kier molecular flexibility index (Phi) is 4.38. The molecule has 0 atom stereocenters. The number of hydrogen-bond donors (Lipinski definition) is 2. The van der Waals surface area contributed by atoms with Gasteiger partial charge in [0.1, 0.15) is 11.6 Å². The van der Waals surface area contributed by atoms with E-state index in [1.165, 1.54) is 6.07 Å². The van der Waals surface area contributed by atoms with Crippen molar-refractivity contribution in [3.8, 4) is 0 Å². The number of halogens is 1. The third-order valence-corrected chi connectivity index (χ3v) is 4.64. The molecule has 0 bridgehead atoms. The summed E-state index contributed by atoms with van der Waals surface area (Å²) in [6, 6.07) is 5.79. The first-order valence-electron chi connectivity index (χ1n) is 8.62. The van der Waals surface area contributed by atoms with E-state index in [9.17, 15) is 4.39 Å². The van der Waals surface area contributed by atoms with Gasteiger partial charge in [-0.3, -0.25) is 0 Å². The van der Waals surface area contributed by atoms with E-state index >= 15 is 0 Å². The molecule has 1 fully saturated rings. The van der Waals surface area contributed by atoms with Gasteiger partial charge in [0.15, 0.2) is 0 Å². The van der Waals surface area contributed by atoms with E-state index in [2.05, 4.69) is 36.0 Å². The highest BCUT2D eigenvalue weighted by Crippen LogP contribution is 2.32. The standard InChI is InChI=1S/C19H27FN4/c1-12-15(20)6-5-14-16(11-17(21)22-18(12)14)24-9-7-13(8-10-24)23-19(2,3)4/h5-6,11,13,23H,7-10H2,1-4H3,(H2,21,22). The Morgan fingerprint density at radius 2 is 1.92 bits per heavy atom. The van der Waals surface area contributed by atoms with E-state index in [0.29, 0.717) is 22.9 Å². The second-order valence-electron chi connectivity index (χ2n) is 7.79. The Hall–Kier alpha value is -1.88. The van der Waals surface area contributed by atoms with Crippen molar-refractivity contribution in [3.05, 3.63) is 29.6 Å². The largest absolute Gasteiger partial charge is 0.384 e. The van der Waals surface area contributed by atoms with Crippen molar-refractivity contribution in [1.29, 1.82) is 0 Å². The summed E-state index contributed by atoms with van der Waals surface area (Å²) >= 11 is 0. The highest BCUT2D eigenvalue weighted by molar-refractivity contribution is 5.95. The molecule has 3 rings (SSSR count). The van der Waals surface area contributed by atoms with Crippen LogP contribution in [0.3, 0.4) is 0 Å². The Labute approximate surface area is 143 Å². The monoisotopic (exact) mass is 330 g/mol. The zero-order valence-corrected chi connectivity index (χ0v) is 15.0. The van der Waals surface area contributed by atoms with Crippen molar-refractivity contribution in [1.82, 2.24) is 10.3 Å². The molecule has 1 aliphatic rings. The summed E-state index contributed by atoms with van der Waals surface area (Å²) in [6.07, 6.45) is 2.17. The minimum absolute atomic E-state index is 0.134. The molecule has 1 saturated heterocycles. The second-order valence-corrected chi connectivity index (χ2v) is 7.79. The highest BCUT2D eigenvalue weighted by atomic mass is 19.1. The average molecular weight is 330 g/mol. The lowest BCUT2D eigenvalue weighted by molar-refractivity contribution is 0.317. The van der Waals surface area contributed by atoms with Gasteiger partial charge in [-0.1, -0.05) is 0 Å². The first kappa shape index (κ1) is 17.0. The van der Waals surface area contributed by atoms with Crippen LogP contribution in [0.2, 0.25) is 0 Å². The molecule has 0 unspecified atom stereocenters. The maximum atomic E-state index is 13.9. The van der Waals surface area contributed by atoms with E-state index in [-0.39, 0.29) is 11.4 Å². The van der Waals surface area contributed by atoms with E-state index in [1.807, 2.05) is 12.1 Å². The summed E-state index contributed by atoms with van der Waals surface area (Å²) in [5, 5.41) is 4.66. The van der Waals surface area contributed by atoms with Crippen LogP contribution in [-0.2, 0) is 0 Å². The molecule has 0 spiro atoms. The Balaban J connectivity index is 1.87. The van der Waals surface area contributed by atoms with Crippen LogP contribution in [0, 0.1) is 12.7 Å². The number of benzene rings is 1. The van der Waals surface area contributed by atoms with Gasteiger partial charge < -0.3 is 16.0 Å². The van der Waals surface area contributed by atoms with Gasteiger partial charge in [0.2, 0.25) is 0 Å². The van der Waals surface area contributed by atoms with Crippen molar-refractivity contribution >= 4 is 22.4 Å². The number of aromatic nitrogens is 1. The number of nitrogens with one attached hydrogen (secondary N) is 1. The fourth-order valence-electron chi connectivity index (χ4n) is 3.54. The predicted molar refractivity (Wildman–Crippen MR) is 99.0 cm³/mol. The maximum absolute atomic E-state index is 13.9. The first-order chi connectivity index (χ1) is 11.2. The number of piperidine rings is 1. The fourth-order valence-corrected chi connectivity index (χ4v) is 3.54. The molecule has 0 saturated carbocycles. The fraction of sp³-hybridized carbons (Fsp3) is 0.526. The molecule has 2 aromatic rings. The third kappa shape index (κ3) is 3.46. The van der Waals surface area contributed by atoms with E-state index < -0.39 is 0 Å². The molecule has 1 aliphatic heterocycles. The predicted octanol–water partition coefficient (Wildman–Crippen LogP) is 3.62. The lowest BCUT2D eigenvalue weighted by Gasteiger charge is -2.37. The van der Waals surface area contributed by atoms with Gasteiger partial charge in [-0.25, -0.2) is 9.37 Å². The summed E-state index contributed by atoms with van der Waals surface area (Å²) < 4.78 is 13.9. The molecule has 24 heavy (non-hydrogen) atoms. The smallest absolute Gasteiger partial charge is 0.128 e. The van der Waals surface area contributed by atoms with E-state index in [4.69, 9.17) is 5.73 Å². The van der Waals surface area contributed by atoms with Crippen LogP contribution >= 0.6 is 0 Å². The van der Waals surface area contributed by atoms with Gasteiger partial charge in [0.25, 0.3) is 0 Å². The lowest BCUT2D eigenvalue weighted by Crippen LogP contribution is -2.49. The second kappa shape index (κ2) is 6.20. The molecule has 3 N–H and O–H groups in total. The number of fused-ring (bicyclic) bond motifs is 1. The summed E-state index contributed by atoms with van der Waals surface area (Å²) in [6.45, 7) is 10.3. The normalized spacial score (nSPS) is 16.8. The van der Waals surface area contributed by atoms with Crippen molar-refractivity contribution in [3.63, 3.8) is 0 Å². The minimum Gasteiger partial charge on any atom is -0.384 e. The zero-order valence-electron chi connectivity index (χ0n) is 15.0. The Bertz CT molecular complexity index is 743. The zero-order chi connectivity index (χ0) is 17.5.